The van der Waals surface area contributed by atoms with Gasteiger partial charge in [0.2, 0.25) is 5.91 Å². The summed E-state index contributed by atoms with van der Waals surface area (Å²) in [5.74, 6) is -0.0684. The van der Waals surface area contributed by atoms with Crippen LogP contribution in [0.1, 0.15) is 18.4 Å². The first-order valence-electron chi connectivity index (χ1n) is 6.32. The fourth-order valence-corrected chi connectivity index (χ4v) is 2.15. The number of nitro benzene ring substituents is 1. The highest BCUT2D eigenvalue weighted by Gasteiger charge is 2.19. The predicted molar refractivity (Wildman–Crippen MR) is 72.1 cm³/mol. The summed E-state index contributed by atoms with van der Waals surface area (Å²) in [6.07, 6.45) is 2.01. The van der Waals surface area contributed by atoms with Crippen molar-refractivity contribution >= 4 is 17.3 Å². The van der Waals surface area contributed by atoms with Gasteiger partial charge < -0.3 is 10.2 Å². The molecule has 1 saturated heterocycles. The summed E-state index contributed by atoms with van der Waals surface area (Å²) in [4.78, 5) is 24.0. The van der Waals surface area contributed by atoms with E-state index in [2.05, 4.69) is 5.32 Å². The molecule has 0 aliphatic carbocycles. The fraction of sp³-hybridized carbons (Fsp3) is 0.385. The Bertz CT molecular complexity index is 573. The average Bonchev–Trinajstić information content (AvgIpc) is 2.98. The summed E-state index contributed by atoms with van der Waals surface area (Å²) in [5, 5.41) is 22.5. The minimum Gasteiger partial charge on any atom is -0.371 e. The van der Waals surface area contributed by atoms with Crippen LogP contribution in [0.4, 0.5) is 11.4 Å². The number of likely N-dealkylation sites (tertiary alicyclic amines) is 1. The molecule has 7 heteroatoms. The number of carbonyl (C=O) groups excluding carboxylic acids is 1. The molecular formula is C13H14N4O3. The zero-order valence-corrected chi connectivity index (χ0v) is 10.8. The molecule has 1 aliphatic rings. The summed E-state index contributed by atoms with van der Waals surface area (Å²) in [7, 11) is 0. The Morgan fingerprint density at radius 2 is 2.15 bits per heavy atom. The molecular weight excluding hydrogens is 260 g/mol. The molecule has 0 aromatic heterocycles. The Morgan fingerprint density at radius 3 is 2.75 bits per heavy atom. The van der Waals surface area contributed by atoms with Gasteiger partial charge in [0.05, 0.1) is 23.1 Å². The number of hydrogen-bond acceptors (Lipinski definition) is 5. The summed E-state index contributed by atoms with van der Waals surface area (Å²) >= 11 is 0. The SMILES string of the molecule is N#Cc1ccc(NCC(=O)N2CCCC2)c([N+](=O)[O-])c1. The molecule has 0 bridgehead atoms. The van der Waals surface area contributed by atoms with E-state index < -0.39 is 4.92 Å². The number of amides is 1. The van der Waals surface area contributed by atoms with Crippen molar-refractivity contribution in [1.29, 1.82) is 5.26 Å². The molecule has 1 heterocycles. The summed E-state index contributed by atoms with van der Waals surface area (Å²) in [5.41, 5.74) is 0.271. The van der Waals surface area contributed by atoms with E-state index in [9.17, 15) is 14.9 Å². The maximum Gasteiger partial charge on any atom is 0.293 e. The zero-order valence-electron chi connectivity index (χ0n) is 10.8. The molecule has 104 valence electrons. The number of anilines is 1. The van der Waals surface area contributed by atoms with Gasteiger partial charge in [-0.2, -0.15) is 5.26 Å². The summed E-state index contributed by atoms with van der Waals surface area (Å²) in [6.45, 7) is 1.51. The van der Waals surface area contributed by atoms with Crippen LogP contribution in [0.25, 0.3) is 0 Å². The van der Waals surface area contributed by atoms with Gasteiger partial charge in [0, 0.05) is 19.2 Å². The summed E-state index contributed by atoms with van der Waals surface area (Å²) in [6, 6.07) is 5.98. The molecule has 20 heavy (non-hydrogen) atoms. The number of rotatable bonds is 4. The Balaban J connectivity index is 2.07. The lowest BCUT2D eigenvalue weighted by atomic mass is 10.2. The van der Waals surface area contributed by atoms with Crippen LogP contribution in [0.5, 0.6) is 0 Å². The van der Waals surface area contributed by atoms with Gasteiger partial charge in [-0.15, -0.1) is 0 Å². The molecule has 0 radical (unpaired) electrons. The maximum atomic E-state index is 11.9. The van der Waals surface area contributed by atoms with Crippen molar-refractivity contribution < 1.29 is 9.72 Å². The second-order valence-corrected chi connectivity index (χ2v) is 4.54. The predicted octanol–water partition coefficient (Wildman–Crippen LogP) is 1.50. The van der Waals surface area contributed by atoms with Gasteiger partial charge in [-0.1, -0.05) is 0 Å². The van der Waals surface area contributed by atoms with E-state index in [1.54, 1.807) is 4.90 Å². The van der Waals surface area contributed by atoms with Gasteiger partial charge in [-0.3, -0.25) is 14.9 Å². The first-order chi connectivity index (χ1) is 9.61. The Morgan fingerprint density at radius 1 is 1.45 bits per heavy atom. The van der Waals surface area contributed by atoms with Crippen molar-refractivity contribution in [3.8, 4) is 6.07 Å². The molecule has 1 amide bonds. The molecule has 7 nitrogen and oxygen atoms in total. The number of hydrogen-bond donors (Lipinski definition) is 1. The number of nitriles is 1. The van der Waals surface area contributed by atoms with Crippen molar-refractivity contribution in [1.82, 2.24) is 4.90 Å². The third-order valence-corrected chi connectivity index (χ3v) is 3.21. The lowest BCUT2D eigenvalue weighted by molar-refractivity contribution is -0.384. The smallest absolute Gasteiger partial charge is 0.293 e. The third kappa shape index (κ3) is 3.03. The van der Waals surface area contributed by atoms with Crippen LogP contribution in [0.2, 0.25) is 0 Å². The lowest BCUT2D eigenvalue weighted by Gasteiger charge is -2.15. The van der Waals surface area contributed by atoms with Crippen molar-refractivity contribution in [2.45, 2.75) is 12.8 Å². The summed E-state index contributed by atoms with van der Waals surface area (Å²) < 4.78 is 0. The van der Waals surface area contributed by atoms with Crippen LogP contribution in [-0.2, 0) is 4.79 Å². The fourth-order valence-electron chi connectivity index (χ4n) is 2.15. The van der Waals surface area contributed by atoms with E-state index in [1.165, 1.54) is 18.2 Å². The van der Waals surface area contributed by atoms with Gasteiger partial charge in [0.15, 0.2) is 0 Å². The number of nitrogens with one attached hydrogen (secondary N) is 1. The van der Waals surface area contributed by atoms with Gasteiger partial charge in [-0.25, -0.2) is 0 Å². The second-order valence-electron chi connectivity index (χ2n) is 4.54. The van der Waals surface area contributed by atoms with E-state index in [0.717, 1.165) is 25.9 Å². The number of benzene rings is 1. The molecule has 0 saturated carbocycles. The Hall–Kier alpha value is -2.62. The van der Waals surface area contributed by atoms with Crippen LogP contribution in [0.3, 0.4) is 0 Å². The molecule has 1 N–H and O–H groups in total. The second kappa shape index (κ2) is 6.02. The van der Waals surface area contributed by atoms with E-state index >= 15 is 0 Å². The van der Waals surface area contributed by atoms with Crippen LogP contribution in [0.15, 0.2) is 18.2 Å². The van der Waals surface area contributed by atoms with Gasteiger partial charge >= 0.3 is 0 Å². The highest BCUT2D eigenvalue weighted by atomic mass is 16.6. The van der Waals surface area contributed by atoms with Crippen molar-refractivity contribution in [2.24, 2.45) is 0 Å². The van der Waals surface area contributed by atoms with Gasteiger partial charge in [0.1, 0.15) is 5.69 Å². The first kappa shape index (κ1) is 13.8. The highest BCUT2D eigenvalue weighted by Crippen LogP contribution is 2.25. The molecule has 1 aliphatic heterocycles. The van der Waals surface area contributed by atoms with Crippen LogP contribution >= 0.6 is 0 Å². The van der Waals surface area contributed by atoms with Gasteiger partial charge in [0.25, 0.3) is 5.69 Å². The lowest BCUT2D eigenvalue weighted by Crippen LogP contribution is -2.33. The molecule has 1 aromatic rings. The van der Waals surface area contributed by atoms with E-state index in [1.807, 2.05) is 6.07 Å². The minimum absolute atomic E-state index is 0.0206. The Labute approximate surface area is 115 Å². The van der Waals surface area contributed by atoms with Crippen molar-refractivity contribution in [2.75, 3.05) is 25.0 Å². The van der Waals surface area contributed by atoms with Gasteiger partial charge in [-0.05, 0) is 25.0 Å². The molecule has 1 aromatic carbocycles. The quantitative estimate of drug-likeness (QED) is 0.662. The average molecular weight is 274 g/mol. The van der Waals surface area contributed by atoms with Crippen molar-refractivity contribution in [3.05, 3.63) is 33.9 Å². The standard InChI is InChI=1S/C13H14N4O3/c14-8-10-3-4-11(12(7-10)17(19)20)15-9-13(18)16-5-1-2-6-16/h3-4,7,15H,1-2,5-6,9H2. The van der Waals surface area contributed by atoms with Crippen molar-refractivity contribution in [3.63, 3.8) is 0 Å². The zero-order chi connectivity index (χ0) is 14.5. The van der Waals surface area contributed by atoms with Crippen LogP contribution in [0, 0.1) is 21.4 Å². The molecule has 1 fully saturated rings. The van der Waals surface area contributed by atoms with Crippen LogP contribution < -0.4 is 5.32 Å². The number of carbonyl (C=O) groups is 1. The van der Waals surface area contributed by atoms with E-state index in [-0.39, 0.29) is 29.4 Å². The number of nitrogens with zero attached hydrogens (tertiary/aromatic N) is 3. The maximum absolute atomic E-state index is 11.9. The number of nitro groups is 1. The molecule has 0 unspecified atom stereocenters. The first-order valence-corrected chi connectivity index (χ1v) is 6.32. The normalized spacial score (nSPS) is 13.8. The molecule has 0 spiro atoms. The molecule has 2 rings (SSSR count). The largest absolute Gasteiger partial charge is 0.371 e. The van der Waals surface area contributed by atoms with E-state index in [4.69, 9.17) is 5.26 Å². The minimum atomic E-state index is -0.566. The monoisotopic (exact) mass is 274 g/mol. The Kier molecular flexibility index (Phi) is 4.15. The molecule has 0 atom stereocenters. The van der Waals surface area contributed by atoms with E-state index in [0.29, 0.717) is 0 Å². The van der Waals surface area contributed by atoms with Crippen LogP contribution in [-0.4, -0.2) is 35.4 Å². The topological polar surface area (TPSA) is 99.3 Å². The highest BCUT2D eigenvalue weighted by molar-refractivity contribution is 5.82. The third-order valence-electron chi connectivity index (χ3n) is 3.21.